The van der Waals surface area contributed by atoms with Gasteiger partial charge < -0.3 is 14.8 Å². The van der Waals surface area contributed by atoms with Gasteiger partial charge in [0, 0.05) is 23.4 Å². The van der Waals surface area contributed by atoms with Crippen molar-refractivity contribution in [3.05, 3.63) is 89.5 Å². The van der Waals surface area contributed by atoms with Gasteiger partial charge in [-0.15, -0.1) is 0 Å². The lowest BCUT2D eigenvalue weighted by Crippen LogP contribution is -2.30. The van der Waals surface area contributed by atoms with Crippen molar-refractivity contribution < 1.29 is 19.1 Å². The highest BCUT2D eigenvalue weighted by atomic mass is 16.3. The monoisotopic (exact) mass is 346 g/mol. The van der Waals surface area contributed by atoms with E-state index >= 15 is 0 Å². The number of benzene rings is 1. The number of aliphatic hydroxyl groups is 1. The van der Waals surface area contributed by atoms with Gasteiger partial charge in [0.25, 0.3) is 0 Å². The molecule has 4 rings (SSSR count). The Morgan fingerprint density at radius 2 is 1.69 bits per heavy atom. The molecule has 1 aromatic carbocycles. The topological polar surface area (TPSA) is 92.4 Å². The highest BCUT2D eigenvalue weighted by molar-refractivity contribution is 6.52. The van der Waals surface area contributed by atoms with Gasteiger partial charge in [0.2, 0.25) is 11.6 Å². The second kappa shape index (κ2) is 6.33. The summed E-state index contributed by atoms with van der Waals surface area (Å²) in [5.74, 6) is -1.27. The second-order valence-electron chi connectivity index (χ2n) is 5.78. The van der Waals surface area contributed by atoms with E-state index in [1.807, 2.05) is 0 Å². The summed E-state index contributed by atoms with van der Waals surface area (Å²) in [6.45, 7) is 0. The number of Topliss-reactive ketones (excluding diaryl/α,β-unsaturated/α-hetero) is 2. The van der Waals surface area contributed by atoms with Crippen LogP contribution in [0.2, 0.25) is 0 Å². The van der Waals surface area contributed by atoms with Crippen LogP contribution in [0.15, 0.2) is 77.0 Å². The van der Waals surface area contributed by atoms with Crippen molar-refractivity contribution in [2.24, 2.45) is 0 Å². The minimum atomic E-state index is -0.841. The van der Waals surface area contributed by atoms with E-state index in [0.29, 0.717) is 17.1 Å². The van der Waals surface area contributed by atoms with Crippen molar-refractivity contribution in [1.82, 2.24) is 4.98 Å². The number of hydrogen-bond donors (Lipinski definition) is 2. The van der Waals surface area contributed by atoms with E-state index in [-0.39, 0.29) is 16.9 Å². The molecule has 6 heteroatoms. The Morgan fingerprint density at radius 3 is 2.38 bits per heavy atom. The number of ketones is 2. The van der Waals surface area contributed by atoms with Crippen LogP contribution in [0, 0.1) is 0 Å². The Balaban J connectivity index is 1.90. The molecule has 26 heavy (non-hydrogen) atoms. The fourth-order valence-corrected chi connectivity index (χ4v) is 3.00. The van der Waals surface area contributed by atoms with Crippen LogP contribution in [0.1, 0.15) is 27.7 Å². The molecule has 0 amide bonds. The van der Waals surface area contributed by atoms with Crippen molar-refractivity contribution in [2.45, 2.75) is 6.04 Å². The number of aliphatic hydroxyl groups excluding tert-OH is 1. The first-order chi connectivity index (χ1) is 12.7. The predicted molar refractivity (Wildman–Crippen MR) is 94.6 cm³/mol. The minimum absolute atomic E-state index is 0.0520. The molecule has 1 aliphatic rings. The van der Waals surface area contributed by atoms with E-state index < -0.39 is 17.6 Å². The number of anilines is 1. The third-order valence-electron chi connectivity index (χ3n) is 4.21. The highest BCUT2D eigenvalue weighted by Crippen LogP contribution is 2.36. The molecule has 1 aliphatic carbocycles. The third kappa shape index (κ3) is 2.57. The average molecular weight is 346 g/mol. The van der Waals surface area contributed by atoms with Gasteiger partial charge in [-0.25, -0.2) is 0 Å². The van der Waals surface area contributed by atoms with Crippen molar-refractivity contribution in [2.75, 3.05) is 5.32 Å². The number of carbonyl (C=O) groups excluding carboxylic acids is 2. The minimum Gasteiger partial charge on any atom is -0.507 e. The van der Waals surface area contributed by atoms with Gasteiger partial charge in [0.1, 0.15) is 11.8 Å². The quantitative estimate of drug-likeness (QED) is 0.702. The molecule has 1 unspecified atom stereocenters. The summed E-state index contributed by atoms with van der Waals surface area (Å²) in [4.78, 5) is 29.6. The lowest BCUT2D eigenvalue weighted by atomic mass is 9.84. The first-order valence-corrected chi connectivity index (χ1v) is 7.99. The van der Waals surface area contributed by atoms with E-state index in [1.165, 1.54) is 12.3 Å². The molecule has 2 aromatic heterocycles. The van der Waals surface area contributed by atoms with Gasteiger partial charge in [-0.3, -0.25) is 14.6 Å². The summed E-state index contributed by atoms with van der Waals surface area (Å²) >= 11 is 0. The SMILES string of the molecule is O=C1C(=O)c2ccccc2C(O)=C1C(Nc1ccco1)c1ccccn1. The molecule has 0 aliphatic heterocycles. The number of nitrogens with one attached hydrogen (secondary N) is 1. The van der Waals surface area contributed by atoms with Crippen LogP contribution in [-0.2, 0) is 4.79 Å². The first kappa shape index (κ1) is 15.8. The van der Waals surface area contributed by atoms with E-state index in [1.54, 1.807) is 54.7 Å². The second-order valence-corrected chi connectivity index (χ2v) is 5.78. The van der Waals surface area contributed by atoms with E-state index in [0.717, 1.165) is 0 Å². The maximum absolute atomic E-state index is 12.8. The molecule has 0 radical (unpaired) electrons. The number of fused-ring (bicyclic) bond motifs is 1. The molecule has 128 valence electrons. The number of carbonyl (C=O) groups is 2. The van der Waals surface area contributed by atoms with E-state index in [4.69, 9.17) is 4.42 Å². The van der Waals surface area contributed by atoms with Crippen LogP contribution in [0.3, 0.4) is 0 Å². The molecule has 2 heterocycles. The van der Waals surface area contributed by atoms with Crippen molar-refractivity contribution in [1.29, 1.82) is 0 Å². The highest BCUT2D eigenvalue weighted by Gasteiger charge is 2.38. The molecule has 3 aromatic rings. The van der Waals surface area contributed by atoms with Crippen LogP contribution in [0.4, 0.5) is 5.88 Å². The Morgan fingerprint density at radius 1 is 0.923 bits per heavy atom. The van der Waals surface area contributed by atoms with Gasteiger partial charge in [0.15, 0.2) is 5.88 Å². The first-order valence-electron chi connectivity index (χ1n) is 7.99. The molecule has 0 saturated carbocycles. The number of rotatable bonds is 4. The third-order valence-corrected chi connectivity index (χ3v) is 4.21. The molecule has 6 nitrogen and oxygen atoms in total. The lowest BCUT2D eigenvalue weighted by molar-refractivity contribution is -0.112. The molecule has 0 saturated heterocycles. The summed E-state index contributed by atoms with van der Waals surface area (Å²) in [5, 5.41) is 13.8. The predicted octanol–water partition coefficient (Wildman–Crippen LogP) is 3.56. The Kier molecular flexibility index (Phi) is 3.85. The summed E-state index contributed by atoms with van der Waals surface area (Å²) in [7, 11) is 0. The maximum Gasteiger partial charge on any atom is 0.235 e. The van der Waals surface area contributed by atoms with Gasteiger partial charge in [0.05, 0.1) is 17.5 Å². The van der Waals surface area contributed by atoms with Gasteiger partial charge in [-0.2, -0.15) is 0 Å². The average Bonchev–Trinajstić information content (AvgIpc) is 3.19. The van der Waals surface area contributed by atoms with Crippen molar-refractivity contribution >= 4 is 23.2 Å². The van der Waals surface area contributed by atoms with Gasteiger partial charge in [-0.05, 0) is 18.2 Å². The smallest absolute Gasteiger partial charge is 0.235 e. The molecular formula is C20H14N2O4. The summed E-state index contributed by atoms with van der Waals surface area (Å²) in [6, 6.07) is 14.2. The van der Waals surface area contributed by atoms with E-state index in [9.17, 15) is 14.7 Å². The maximum atomic E-state index is 12.8. The molecule has 0 spiro atoms. The summed E-state index contributed by atoms with van der Waals surface area (Å²) < 4.78 is 5.30. The van der Waals surface area contributed by atoms with Crippen LogP contribution in [0.5, 0.6) is 0 Å². The van der Waals surface area contributed by atoms with Crippen LogP contribution in [0.25, 0.3) is 5.76 Å². The zero-order chi connectivity index (χ0) is 18.1. The fraction of sp³-hybridized carbons (Fsp3) is 0.0500. The summed E-state index contributed by atoms with van der Waals surface area (Å²) in [6.07, 6.45) is 3.06. The standard InChI is InChI=1S/C20H14N2O4/c23-18-12-6-1-2-7-13(12)19(24)20(25)16(18)17(14-8-3-4-10-21-14)22-15-9-5-11-26-15/h1-11,17,22-23H. The molecule has 0 fully saturated rings. The number of aromatic nitrogens is 1. The van der Waals surface area contributed by atoms with Crippen molar-refractivity contribution in [3.63, 3.8) is 0 Å². The largest absolute Gasteiger partial charge is 0.507 e. The van der Waals surface area contributed by atoms with Gasteiger partial charge in [-0.1, -0.05) is 30.3 Å². The zero-order valence-corrected chi connectivity index (χ0v) is 13.5. The molecule has 2 N–H and O–H groups in total. The Labute approximate surface area is 148 Å². The normalized spacial score (nSPS) is 14.9. The Hall–Kier alpha value is -3.67. The fourth-order valence-electron chi connectivity index (χ4n) is 3.00. The van der Waals surface area contributed by atoms with Crippen LogP contribution < -0.4 is 5.32 Å². The number of hydrogen-bond acceptors (Lipinski definition) is 6. The van der Waals surface area contributed by atoms with Crippen LogP contribution in [-0.4, -0.2) is 21.7 Å². The summed E-state index contributed by atoms with van der Waals surface area (Å²) in [5.41, 5.74) is 0.945. The Bertz CT molecular complexity index is 1010. The molecular weight excluding hydrogens is 332 g/mol. The lowest BCUT2D eigenvalue weighted by Gasteiger charge is -2.25. The van der Waals surface area contributed by atoms with Gasteiger partial charge >= 0.3 is 0 Å². The number of nitrogens with zero attached hydrogens (tertiary/aromatic N) is 1. The number of pyridine rings is 1. The van der Waals surface area contributed by atoms with Crippen LogP contribution >= 0.6 is 0 Å². The molecule has 1 atom stereocenters. The van der Waals surface area contributed by atoms with Crippen molar-refractivity contribution in [3.8, 4) is 0 Å². The number of furan rings is 1. The van der Waals surface area contributed by atoms with E-state index in [2.05, 4.69) is 10.3 Å². The zero-order valence-electron chi connectivity index (χ0n) is 13.5. The molecule has 0 bridgehead atoms.